The molecule has 1 aromatic carbocycles. The highest BCUT2D eigenvalue weighted by atomic mass is 35.5. The Morgan fingerprint density at radius 1 is 1.28 bits per heavy atom. The van der Waals surface area contributed by atoms with E-state index in [-0.39, 0.29) is 22.6 Å². The summed E-state index contributed by atoms with van der Waals surface area (Å²) in [7, 11) is 1.51. The van der Waals surface area contributed by atoms with Gasteiger partial charge < -0.3 is 14.4 Å². The Balaban J connectivity index is 1.66. The quantitative estimate of drug-likeness (QED) is 0.833. The summed E-state index contributed by atoms with van der Waals surface area (Å²) < 4.78 is 23.9. The van der Waals surface area contributed by atoms with E-state index in [1.807, 2.05) is 0 Å². The third kappa shape index (κ3) is 4.17. The van der Waals surface area contributed by atoms with Gasteiger partial charge in [0, 0.05) is 18.7 Å². The standard InChI is InChI=1S/C17H17ClFN3O3/c1-24-15-6-7-16(21-20-15)25-12-3-2-8-22(10-12)17(23)13-5-4-11(19)9-14(13)18/h4-7,9,12H,2-3,8,10H2,1H3. The van der Waals surface area contributed by atoms with Gasteiger partial charge >= 0.3 is 0 Å². The minimum atomic E-state index is -0.473. The first kappa shape index (κ1) is 17.4. The summed E-state index contributed by atoms with van der Waals surface area (Å²) in [4.78, 5) is 14.3. The van der Waals surface area contributed by atoms with Crippen LogP contribution >= 0.6 is 11.6 Å². The van der Waals surface area contributed by atoms with Crippen molar-refractivity contribution in [2.45, 2.75) is 18.9 Å². The van der Waals surface area contributed by atoms with Crippen LogP contribution in [0.3, 0.4) is 0 Å². The number of ether oxygens (including phenoxy) is 2. The summed E-state index contributed by atoms with van der Waals surface area (Å²) in [5.74, 6) is 0.0669. The van der Waals surface area contributed by atoms with Gasteiger partial charge in [-0.15, -0.1) is 10.2 Å². The van der Waals surface area contributed by atoms with Crippen molar-refractivity contribution >= 4 is 17.5 Å². The number of methoxy groups -OCH3 is 1. The van der Waals surface area contributed by atoms with Gasteiger partial charge in [-0.3, -0.25) is 4.79 Å². The average molecular weight is 366 g/mol. The van der Waals surface area contributed by atoms with Crippen LogP contribution in [0.25, 0.3) is 0 Å². The van der Waals surface area contributed by atoms with E-state index in [2.05, 4.69) is 10.2 Å². The van der Waals surface area contributed by atoms with Crippen LogP contribution in [0.15, 0.2) is 30.3 Å². The van der Waals surface area contributed by atoms with Gasteiger partial charge in [0.2, 0.25) is 11.8 Å². The van der Waals surface area contributed by atoms with Gasteiger partial charge in [0.25, 0.3) is 5.91 Å². The topological polar surface area (TPSA) is 64.6 Å². The number of amides is 1. The van der Waals surface area contributed by atoms with E-state index in [0.717, 1.165) is 18.9 Å². The van der Waals surface area contributed by atoms with Crippen molar-refractivity contribution < 1.29 is 18.7 Å². The van der Waals surface area contributed by atoms with Gasteiger partial charge in [-0.25, -0.2) is 4.39 Å². The molecule has 1 unspecified atom stereocenters. The number of likely N-dealkylation sites (tertiary alicyclic amines) is 1. The number of nitrogens with zero attached hydrogens (tertiary/aromatic N) is 3. The molecule has 1 fully saturated rings. The number of aromatic nitrogens is 2. The van der Waals surface area contributed by atoms with Crippen molar-refractivity contribution in [1.29, 1.82) is 0 Å². The zero-order valence-electron chi connectivity index (χ0n) is 13.6. The molecule has 1 amide bonds. The van der Waals surface area contributed by atoms with E-state index in [1.165, 1.54) is 19.2 Å². The molecule has 0 saturated carbocycles. The van der Waals surface area contributed by atoms with Crippen LogP contribution in [0, 0.1) is 5.82 Å². The molecular weight excluding hydrogens is 349 g/mol. The Morgan fingerprint density at radius 3 is 2.72 bits per heavy atom. The molecule has 8 heteroatoms. The van der Waals surface area contributed by atoms with Crippen molar-refractivity contribution in [3.63, 3.8) is 0 Å². The van der Waals surface area contributed by atoms with Crippen LogP contribution in [-0.4, -0.2) is 47.3 Å². The SMILES string of the molecule is COc1ccc(OC2CCCN(C(=O)c3ccc(F)cc3Cl)C2)nn1. The number of benzene rings is 1. The molecule has 1 aliphatic rings. The van der Waals surface area contributed by atoms with E-state index in [0.29, 0.717) is 24.8 Å². The second-order valence-corrected chi connectivity index (χ2v) is 6.08. The maximum absolute atomic E-state index is 13.2. The van der Waals surface area contributed by atoms with Gasteiger partial charge in [0.1, 0.15) is 11.9 Å². The Morgan fingerprint density at radius 2 is 2.04 bits per heavy atom. The van der Waals surface area contributed by atoms with Crippen molar-refractivity contribution in [2.75, 3.05) is 20.2 Å². The average Bonchev–Trinajstić information content (AvgIpc) is 2.62. The molecule has 6 nitrogen and oxygen atoms in total. The summed E-state index contributed by atoms with van der Waals surface area (Å²) in [5.41, 5.74) is 0.285. The molecule has 25 heavy (non-hydrogen) atoms. The van der Waals surface area contributed by atoms with Crippen molar-refractivity contribution in [3.05, 3.63) is 46.7 Å². The van der Waals surface area contributed by atoms with E-state index < -0.39 is 5.82 Å². The Kier molecular flexibility index (Phi) is 5.33. The molecule has 2 aromatic rings. The fourth-order valence-corrected chi connectivity index (χ4v) is 2.95. The summed E-state index contributed by atoms with van der Waals surface area (Å²) in [6.45, 7) is 1.00. The minimum absolute atomic E-state index is 0.106. The summed E-state index contributed by atoms with van der Waals surface area (Å²) in [5, 5.41) is 7.89. The van der Waals surface area contributed by atoms with E-state index in [9.17, 15) is 9.18 Å². The molecular formula is C17H17ClFN3O3. The van der Waals surface area contributed by atoms with Crippen LogP contribution in [0.1, 0.15) is 23.2 Å². The Bertz CT molecular complexity index is 757. The van der Waals surface area contributed by atoms with Crippen LogP contribution in [0.4, 0.5) is 4.39 Å². The maximum atomic E-state index is 13.2. The van der Waals surface area contributed by atoms with Gasteiger partial charge in [0.05, 0.1) is 24.2 Å². The first-order chi connectivity index (χ1) is 12.1. The number of carbonyl (C=O) groups is 1. The number of halogens is 2. The lowest BCUT2D eigenvalue weighted by Gasteiger charge is -2.32. The molecule has 0 radical (unpaired) electrons. The van der Waals surface area contributed by atoms with Gasteiger partial charge in [-0.1, -0.05) is 11.6 Å². The highest BCUT2D eigenvalue weighted by Crippen LogP contribution is 2.23. The first-order valence-electron chi connectivity index (χ1n) is 7.85. The first-order valence-corrected chi connectivity index (χ1v) is 8.23. The zero-order valence-corrected chi connectivity index (χ0v) is 14.4. The fourth-order valence-electron chi connectivity index (χ4n) is 2.70. The molecule has 3 rings (SSSR count). The number of piperidine rings is 1. The predicted molar refractivity (Wildman–Crippen MR) is 89.5 cm³/mol. The lowest BCUT2D eigenvalue weighted by atomic mass is 10.1. The molecule has 0 bridgehead atoms. The predicted octanol–water partition coefficient (Wildman–Crippen LogP) is 2.96. The highest BCUT2D eigenvalue weighted by Gasteiger charge is 2.27. The number of rotatable bonds is 4. The van der Waals surface area contributed by atoms with E-state index in [1.54, 1.807) is 17.0 Å². The lowest BCUT2D eigenvalue weighted by Crippen LogP contribution is -2.44. The van der Waals surface area contributed by atoms with E-state index >= 15 is 0 Å². The second kappa shape index (κ2) is 7.65. The fraction of sp³-hybridized carbons (Fsp3) is 0.353. The third-order valence-corrected chi connectivity index (χ3v) is 4.25. The van der Waals surface area contributed by atoms with Crippen LogP contribution in [-0.2, 0) is 0 Å². The molecule has 1 saturated heterocycles. The molecule has 0 aliphatic carbocycles. The molecule has 1 atom stereocenters. The number of hydrogen-bond acceptors (Lipinski definition) is 5. The van der Waals surface area contributed by atoms with Crippen LogP contribution in [0.5, 0.6) is 11.8 Å². The Labute approximate surface area is 149 Å². The van der Waals surface area contributed by atoms with Gasteiger partial charge in [0.15, 0.2) is 0 Å². The van der Waals surface area contributed by atoms with Gasteiger partial charge in [-0.2, -0.15) is 0 Å². The van der Waals surface area contributed by atoms with Crippen molar-refractivity contribution in [3.8, 4) is 11.8 Å². The minimum Gasteiger partial charge on any atom is -0.480 e. The number of carbonyl (C=O) groups excluding carboxylic acids is 1. The molecule has 1 aromatic heterocycles. The third-order valence-electron chi connectivity index (χ3n) is 3.94. The van der Waals surface area contributed by atoms with Gasteiger partial charge in [-0.05, 0) is 31.0 Å². The molecule has 0 spiro atoms. The molecule has 1 aliphatic heterocycles. The van der Waals surface area contributed by atoms with Crippen molar-refractivity contribution in [2.24, 2.45) is 0 Å². The monoisotopic (exact) mass is 365 g/mol. The summed E-state index contributed by atoms with van der Waals surface area (Å²) in [6.07, 6.45) is 1.40. The summed E-state index contributed by atoms with van der Waals surface area (Å²) >= 11 is 5.99. The number of hydrogen-bond donors (Lipinski definition) is 0. The lowest BCUT2D eigenvalue weighted by molar-refractivity contribution is 0.0525. The molecule has 0 N–H and O–H groups in total. The largest absolute Gasteiger partial charge is 0.480 e. The summed E-state index contributed by atoms with van der Waals surface area (Å²) in [6, 6.07) is 7.10. The maximum Gasteiger partial charge on any atom is 0.255 e. The highest BCUT2D eigenvalue weighted by molar-refractivity contribution is 6.33. The van der Waals surface area contributed by atoms with Crippen LogP contribution < -0.4 is 9.47 Å². The smallest absolute Gasteiger partial charge is 0.255 e. The molecule has 132 valence electrons. The zero-order chi connectivity index (χ0) is 17.8. The van der Waals surface area contributed by atoms with E-state index in [4.69, 9.17) is 21.1 Å². The normalized spacial score (nSPS) is 17.2. The Hall–Kier alpha value is -2.41. The molecule has 2 heterocycles. The second-order valence-electron chi connectivity index (χ2n) is 5.67. The van der Waals surface area contributed by atoms with Crippen LogP contribution in [0.2, 0.25) is 5.02 Å². The van der Waals surface area contributed by atoms with Crippen molar-refractivity contribution in [1.82, 2.24) is 15.1 Å².